The van der Waals surface area contributed by atoms with Gasteiger partial charge in [0.15, 0.2) is 0 Å². The van der Waals surface area contributed by atoms with Crippen molar-refractivity contribution >= 4 is 22.7 Å². The van der Waals surface area contributed by atoms with Crippen LogP contribution in [-0.4, -0.2) is 20.6 Å². The molecule has 0 amide bonds. The highest BCUT2D eigenvalue weighted by atomic mass is 32.2. The monoisotopic (exact) mass is 199 g/mol. The van der Waals surface area contributed by atoms with Crippen LogP contribution in [0.1, 0.15) is 24.2 Å². The van der Waals surface area contributed by atoms with E-state index in [0.717, 1.165) is 5.75 Å². The van der Waals surface area contributed by atoms with Crippen molar-refractivity contribution in [3.8, 4) is 0 Å². The number of thioether (sulfide) groups is 1. The van der Waals surface area contributed by atoms with Crippen molar-refractivity contribution in [1.82, 2.24) is 9.78 Å². The van der Waals surface area contributed by atoms with Gasteiger partial charge in [-0.05, 0) is 12.7 Å². The Hall–Kier alpha value is -0.970. The summed E-state index contributed by atoms with van der Waals surface area (Å²) in [5.41, 5.74) is 6.23. The third-order valence-electron chi connectivity index (χ3n) is 1.68. The molecule has 0 aliphatic heterocycles. The number of hydrogen-bond donors (Lipinski definition) is 1. The molecule has 1 aromatic rings. The Bertz CT molecular complexity index is 308. The Morgan fingerprint density at radius 1 is 1.69 bits per heavy atom. The van der Waals surface area contributed by atoms with Gasteiger partial charge < -0.3 is 5.73 Å². The van der Waals surface area contributed by atoms with E-state index in [1.165, 1.54) is 18.0 Å². The first-order valence-corrected chi connectivity index (χ1v) is 5.17. The fraction of sp³-hybridized carbons (Fsp3) is 0.500. The van der Waals surface area contributed by atoms with E-state index in [9.17, 15) is 4.79 Å². The number of nitrogens with zero attached hydrogens (tertiary/aromatic N) is 2. The molecule has 0 fully saturated rings. The molecule has 1 aromatic heterocycles. The molecular weight excluding hydrogens is 186 g/mol. The SMILES string of the molecule is CCSC(=O)c1cnn(CC)c1N. The zero-order valence-electron chi connectivity index (χ0n) is 7.78. The normalized spacial score (nSPS) is 10.3. The van der Waals surface area contributed by atoms with Crippen LogP contribution in [0.3, 0.4) is 0 Å². The maximum absolute atomic E-state index is 11.4. The Morgan fingerprint density at radius 2 is 2.38 bits per heavy atom. The molecule has 2 N–H and O–H groups in total. The zero-order valence-corrected chi connectivity index (χ0v) is 8.60. The fourth-order valence-corrected chi connectivity index (χ4v) is 1.59. The van der Waals surface area contributed by atoms with Crippen LogP contribution in [0.5, 0.6) is 0 Å². The van der Waals surface area contributed by atoms with Gasteiger partial charge in [0, 0.05) is 6.54 Å². The second-order valence-electron chi connectivity index (χ2n) is 2.48. The molecule has 0 saturated carbocycles. The van der Waals surface area contributed by atoms with E-state index in [-0.39, 0.29) is 5.12 Å². The van der Waals surface area contributed by atoms with Gasteiger partial charge in [0.1, 0.15) is 5.82 Å². The summed E-state index contributed by atoms with van der Waals surface area (Å²) < 4.78 is 1.61. The predicted molar refractivity (Wildman–Crippen MR) is 54.8 cm³/mol. The standard InChI is InChI=1S/C8H13N3OS/c1-3-11-7(9)6(5-10-11)8(12)13-4-2/h5H,3-4,9H2,1-2H3. The van der Waals surface area contributed by atoms with Crippen molar-refractivity contribution in [2.75, 3.05) is 11.5 Å². The van der Waals surface area contributed by atoms with Crippen LogP contribution in [0.25, 0.3) is 0 Å². The number of carbonyl (C=O) groups is 1. The molecule has 0 aliphatic rings. The lowest BCUT2D eigenvalue weighted by Gasteiger charge is -1.99. The third kappa shape index (κ3) is 2.03. The summed E-state index contributed by atoms with van der Waals surface area (Å²) in [6, 6.07) is 0. The highest BCUT2D eigenvalue weighted by molar-refractivity contribution is 8.14. The van der Waals surface area contributed by atoms with Gasteiger partial charge in [0.25, 0.3) is 0 Å². The Kier molecular flexibility index (Phi) is 3.36. The lowest BCUT2D eigenvalue weighted by molar-refractivity contribution is 0.109. The maximum Gasteiger partial charge on any atom is 0.224 e. The summed E-state index contributed by atoms with van der Waals surface area (Å²) in [4.78, 5) is 11.4. The summed E-state index contributed by atoms with van der Waals surface area (Å²) in [6.45, 7) is 4.56. The molecule has 1 rings (SSSR count). The van der Waals surface area contributed by atoms with E-state index in [1.54, 1.807) is 4.68 Å². The first-order valence-electron chi connectivity index (χ1n) is 4.19. The maximum atomic E-state index is 11.4. The number of anilines is 1. The number of nitrogen functional groups attached to an aromatic ring is 1. The fourth-order valence-electron chi connectivity index (χ4n) is 1.01. The first kappa shape index (κ1) is 10.1. The van der Waals surface area contributed by atoms with Crippen molar-refractivity contribution in [2.45, 2.75) is 20.4 Å². The van der Waals surface area contributed by atoms with E-state index in [1.807, 2.05) is 13.8 Å². The molecule has 0 unspecified atom stereocenters. The molecule has 0 atom stereocenters. The number of rotatable bonds is 3. The van der Waals surface area contributed by atoms with Crippen LogP contribution in [0, 0.1) is 0 Å². The number of aromatic nitrogens is 2. The van der Waals surface area contributed by atoms with Gasteiger partial charge in [0.05, 0.1) is 11.8 Å². The van der Waals surface area contributed by atoms with Crippen LogP contribution in [0.4, 0.5) is 5.82 Å². The third-order valence-corrected chi connectivity index (χ3v) is 2.45. The molecule has 0 spiro atoms. The average Bonchev–Trinajstić information content (AvgIpc) is 2.47. The van der Waals surface area contributed by atoms with Crippen molar-refractivity contribution in [1.29, 1.82) is 0 Å². The van der Waals surface area contributed by atoms with E-state index < -0.39 is 0 Å². The highest BCUT2D eigenvalue weighted by Gasteiger charge is 2.13. The van der Waals surface area contributed by atoms with Crippen LogP contribution in [0.2, 0.25) is 0 Å². The number of carbonyl (C=O) groups excluding carboxylic acids is 1. The van der Waals surface area contributed by atoms with Crippen LogP contribution in [0.15, 0.2) is 6.20 Å². The van der Waals surface area contributed by atoms with Gasteiger partial charge in [-0.3, -0.25) is 4.79 Å². The molecule has 0 aliphatic carbocycles. The van der Waals surface area contributed by atoms with Crippen molar-refractivity contribution < 1.29 is 4.79 Å². The highest BCUT2D eigenvalue weighted by Crippen LogP contribution is 2.17. The minimum Gasteiger partial charge on any atom is -0.383 e. The molecular formula is C8H13N3OS. The summed E-state index contributed by atoms with van der Waals surface area (Å²) in [5, 5.41) is 3.99. The van der Waals surface area contributed by atoms with E-state index in [4.69, 9.17) is 5.73 Å². The second kappa shape index (κ2) is 4.32. The quantitative estimate of drug-likeness (QED) is 0.798. The molecule has 5 heteroatoms. The number of aryl methyl sites for hydroxylation is 1. The second-order valence-corrected chi connectivity index (χ2v) is 3.72. The first-order chi connectivity index (χ1) is 6.20. The lowest BCUT2D eigenvalue weighted by atomic mass is 10.4. The Balaban J connectivity index is 2.89. The topological polar surface area (TPSA) is 60.9 Å². The van der Waals surface area contributed by atoms with Gasteiger partial charge in [0.2, 0.25) is 5.12 Å². The van der Waals surface area contributed by atoms with E-state index in [0.29, 0.717) is 17.9 Å². The van der Waals surface area contributed by atoms with Gasteiger partial charge in [-0.2, -0.15) is 5.10 Å². The molecule has 0 radical (unpaired) electrons. The van der Waals surface area contributed by atoms with Crippen LogP contribution < -0.4 is 5.73 Å². The number of nitrogens with two attached hydrogens (primary N) is 1. The summed E-state index contributed by atoms with van der Waals surface area (Å²) in [5.74, 6) is 1.23. The van der Waals surface area contributed by atoms with Crippen molar-refractivity contribution in [3.63, 3.8) is 0 Å². The summed E-state index contributed by atoms with van der Waals surface area (Å²) >= 11 is 1.25. The minimum atomic E-state index is -0.000278. The van der Waals surface area contributed by atoms with E-state index in [2.05, 4.69) is 5.10 Å². The van der Waals surface area contributed by atoms with Crippen molar-refractivity contribution in [3.05, 3.63) is 11.8 Å². The molecule has 0 bridgehead atoms. The molecule has 1 heterocycles. The minimum absolute atomic E-state index is 0.000278. The smallest absolute Gasteiger partial charge is 0.224 e. The number of hydrogen-bond acceptors (Lipinski definition) is 4. The van der Waals surface area contributed by atoms with Crippen molar-refractivity contribution in [2.24, 2.45) is 0 Å². The van der Waals surface area contributed by atoms with Gasteiger partial charge >= 0.3 is 0 Å². The average molecular weight is 199 g/mol. The van der Waals surface area contributed by atoms with Gasteiger partial charge in [-0.25, -0.2) is 4.68 Å². The summed E-state index contributed by atoms with van der Waals surface area (Å²) in [6.07, 6.45) is 1.53. The molecule has 13 heavy (non-hydrogen) atoms. The molecule has 4 nitrogen and oxygen atoms in total. The molecule has 0 aromatic carbocycles. The lowest BCUT2D eigenvalue weighted by Crippen LogP contribution is -2.05. The van der Waals surface area contributed by atoms with Crippen LogP contribution in [-0.2, 0) is 6.54 Å². The van der Waals surface area contributed by atoms with Gasteiger partial charge in [-0.1, -0.05) is 18.7 Å². The van der Waals surface area contributed by atoms with Crippen LogP contribution >= 0.6 is 11.8 Å². The predicted octanol–water partition coefficient (Wildman–Crippen LogP) is 1.38. The zero-order chi connectivity index (χ0) is 9.84. The molecule has 0 saturated heterocycles. The van der Waals surface area contributed by atoms with E-state index >= 15 is 0 Å². The Labute approximate surface area is 81.5 Å². The Morgan fingerprint density at radius 3 is 2.85 bits per heavy atom. The largest absolute Gasteiger partial charge is 0.383 e. The van der Waals surface area contributed by atoms with Gasteiger partial charge in [-0.15, -0.1) is 0 Å². The summed E-state index contributed by atoms with van der Waals surface area (Å²) in [7, 11) is 0. The molecule has 72 valence electrons.